The third kappa shape index (κ3) is 5.98. The Kier molecular flexibility index (Phi) is 6.58. The second kappa shape index (κ2) is 9.31. The highest BCUT2D eigenvalue weighted by Crippen LogP contribution is 2.28. The fraction of sp³-hybridized carbons (Fsp3) is 0.192. The summed E-state index contributed by atoms with van der Waals surface area (Å²) in [6, 6.07) is 23.2. The van der Waals surface area contributed by atoms with E-state index >= 15 is 0 Å². The fourth-order valence-electron chi connectivity index (χ4n) is 3.08. The van der Waals surface area contributed by atoms with Crippen molar-refractivity contribution in [2.24, 2.45) is 0 Å². The quantitative estimate of drug-likeness (QED) is 0.497. The standard InChI is InChI=1S/C26H27NO3/c1-26(2,3)30-25(29)27-18-21-9-5-7-11-24(21)23-10-6-4-8-20(23)15-12-19-13-16-22(28)17-14-19/h4-17,28H,18H2,1-3H3,(H,27,29)/b15-12+. The van der Waals surface area contributed by atoms with E-state index in [-0.39, 0.29) is 5.75 Å². The van der Waals surface area contributed by atoms with Gasteiger partial charge in [-0.15, -0.1) is 0 Å². The molecule has 0 aromatic heterocycles. The predicted octanol–water partition coefficient (Wildman–Crippen LogP) is 6.25. The molecule has 0 saturated heterocycles. The first kappa shape index (κ1) is 21.2. The minimum Gasteiger partial charge on any atom is -0.508 e. The first-order chi connectivity index (χ1) is 14.3. The van der Waals surface area contributed by atoms with Crippen LogP contribution in [0.1, 0.15) is 37.5 Å². The van der Waals surface area contributed by atoms with E-state index in [1.807, 2.05) is 69.3 Å². The van der Waals surface area contributed by atoms with Gasteiger partial charge in [0.1, 0.15) is 11.4 Å². The number of phenolic OH excluding ortho intramolecular Hbond substituents is 1. The molecule has 30 heavy (non-hydrogen) atoms. The summed E-state index contributed by atoms with van der Waals surface area (Å²) in [4.78, 5) is 12.1. The Bertz CT molecular complexity index is 1030. The topological polar surface area (TPSA) is 58.6 Å². The third-order valence-corrected chi connectivity index (χ3v) is 4.44. The van der Waals surface area contributed by atoms with Crippen molar-refractivity contribution in [2.45, 2.75) is 32.9 Å². The second-order valence-electron chi connectivity index (χ2n) is 8.02. The van der Waals surface area contributed by atoms with Crippen LogP contribution in [0.15, 0.2) is 72.8 Å². The van der Waals surface area contributed by atoms with Crippen molar-refractivity contribution in [3.63, 3.8) is 0 Å². The summed E-state index contributed by atoms with van der Waals surface area (Å²) < 4.78 is 5.35. The molecule has 0 unspecified atom stereocenters. The van der Waals surface area contributed by atoms with Crippen LogP contribution in [0, 0.1) is 0 Å². The molecule has 154 valence electrons. The molecule has 0 saturated carbocycles. The van der Waals surface area contributed by atoms with E-state index in [4.69, 9.17) is 4.74 Å². The zero-order valence-electron chi connectivity index (χ0n) is 17.6. The van der Waals surface area contributed by atoms with Crippen LogP contribution in [-0.2, 0) is 11.3 Å². The molecule has 3 aromatic carbocycles. The van der Waals surface area contributed by atoms with Crippen molar-refractivity contribution in [2.75, 3.05) is 0 Å². The maximum Gasteiger partial charge on any atom is 0.407 e. The molecule has 3 rings (SSSR count). The van der Waals surface area contributed by atoms with Gasteiger partial charge in [0.15, 0.2) is 0 Å². The van der Waals surface area contributed by atoms with Crippen LogP contribution >= 0.6 is 0 Å². The Labute approximate surface area is 177 Å². The van der Waals surface area contributed by atoms with Crippen molar-refractivity contribution < 1.29 is 14.6 Å². The van der Waals surface area contributed by atoms with E-state index in [1.54, 1.807) is 12.1 Å². The van der Waals surface area contributed by atoms with Gasteiger partial charge in [-0.3, -0.25) is 0 Å². The molecule has 0 bridgehead atoms. The smallest absolute Gasteiger partial charge is 0.407 e. The number of amides is 1. The predicted molar refractivity (Wildman–Crippen MR) is 122 cm³/mol. The normalized spacial score (nSPS) is 11.4. The number of hydrogen-bond donors (Lipinski definition) is 2. The van der Waals surface area contributed by atoms with Crippen molar-refractivity contribution in [1.82, 2.24) is 5.32 Å². The third-order valence-electron chi connectivity index (χ3n) is 4.44. The van der Waals surface area contributed by atoms with E-state index in [9.17, 15) is 9.90 Å². The molecule has 4 nitrogen and oxygen atoms in total. The fourth-order valence-corrected chi connectivity index (χ4v) is 3.08. The molecule has 2 N–H and O–H groups in total. The number of aromatic hydroxyl groups is 1. The molecule has 4 heteroatoms. The van der Waals surface area contributed by atoms with Gasteiger partial charge in [0.05, 0.1) is 0 Å². The van der Waals surface area contributed by atoms with Gasteiger partial charge in [-0.2, -0.15) is 0 Å². The van der Waals surface area contributed by atoms with Crippen LogP contribution in [0.3, 0.4) is 0 Å². The summed E-state index contributed by atoms with van der Waals surface area (Å²) in [6.45, 7) is 5.91. The van der Waals surface area contributed by atoms with E-state index in [0.717, 1.165) is 27.8 Å². The monoisotopic (exact) mass is 401 g/mol. The van der Waals surface area contributed by atoms with Crippen LogP contribution in [0.4, 0.5) is 4.79 Å². The van der Waals surface area contributed by atoms with Gasteiger partial charge in [-0.05, 0) is 60.7 Å². The Morgan fingerprint density at radius 1 is 0.900 bits per heavy atom. The molecule has 0 atom stereocenters. The molecule has 0 aliphatic rings. The largest absolute Gasteiger partial charge is 0.508 e. The lowest BCUT2D eigenvalue weighted by molar-refractivity contribution is 0.0523. The van der Waals surface area contributed by atoms with Crippen LogP contribution < -0.4 is 5.32 Å². The minimum atomic E-state index is -0.533. The Morgan fingerprint density at radius 3 is 2.23 bits per heavy atom. The average Bonchev–Trinajstić information content (AvgIpc) is 2.71. The van der Waals surface area contributed by atoms with Gasteiger partial charge < -0.3 is 15.2 Å². The van der Waals surface area contributed by atoms with Gasteiger partial charge in [0, 0.05) is 6.54 Å². The average molecular weight is 402 g/mol. The maximum atomic E-state index is 12.1. The number of hydrogen-bond acceptors (Lipinski definition) is 3. The number of benzene rings is 3. The highest BCUT2D eigenvalue weighted by atomic mass is 16.6. The van der Waals surface area contributed by atoms with Gasteiger partial charge in [0.25, 0.3) is 0 Å². The number of nitrogens with one attached hydrogen (secondary N) is 1. The van der Waals surface area contributed by atoms with E-state index in [0.29, 0.717) is 6.54 Å². The molecule has 0 fully saturated rings. The van der Waals surface area contributed by atoms with Crippen molar-refractivity contribution in [3.8, 4) is 16.9 Å². The van der Waals surface area contributed by atoms with Gasteiger partial charge in [0.2, 0.25) is 0 Å². The summed E-state index contributed by atoms with van der Waals surface area (Å²) in [5, 5.41) is 12.3. The number of phenols is 1. The van der Waals surface area contributed by atoms with Crippen LogP contribution in [0.2, 0.25) is 0 Å². The zero-order valence-corrected chi connectivity index (χ0v) is 17.6. The molecular formula is C26H27NO3. The molecular weight excluding hydrogens is 374 g/mol. The molecule has 1 amide bonds. The maximum absolute atomic E-state index is 12.1. The van der Waals surface area contributed by atoms with Crippen molar-refractivity contribution in [1.29, 1.82) is 0 Å². The lowest BCUT2D eigenvalue weighted by Crippen LogP contribution is -2.32. The van der Waals surface area contributed by atoms with Gasteiger partial charge in [-0.25, -0.2) is 4.79 Å². The van der Waals surface area contributed by atoms with Crippen molar-refractivity contribution in [3.05, 3.63) is 89.5 Å². The van der Waals surface area contributed by atoms with Crippen LogP contribution in [0.25, 0.3) is 23.3 Å². The lowest BCUT2D eigenvalue weighted by Gasteiger charge is -2.20. The van der Waals surface area contributed by atoms with Gasteiger partial charge >= 0.3 is 6.09 Å². The molecule has 0 heterocycles. The van der Waals surface area contributed by atoms with E-state index in [1.165, 1.54) is 0 Å². The number of carbonyl (C=O) groups excluding carboxylic acids is 1. The highest BCUT2D eigenvalue weighted by Gasteiger charge is 2.16. The van der Waals surface area contributed by atoms with Crippen LogP contribution in [-0.4, -0.2) is 16.8 Å². The number of rotatable bonds is 5. The minimum absolute atomic E-state index is 0.249. The first-order valence-corrected chi connectivity index (χ1v) is 9.93. The van der Waals surface area contributed by atoms with Gasteiger partial charge in [-0.1, -0.05) is 72.8 Å². The van der Waals surface area contributed by atoms with E-state index < -0.39 is 11.7 Å². The van der Waals surface area contributed by atoms with Crippen LogP contribution in [0.5, 0.6) is 5.75 Å². The summed E-state index contributed by atoms with van der Waals surface area (Å²) >= 11 is 0. The molecule has 0 spiro atoms. The van der Waals surface area contributed by atoms with E-state index in [2.05, 4.69) is 29.6 Å². The Morgan fingerprint density at radius 2 is 1.53 bits per heavy atom. The summed E-state index contributed by atoms with van der Waals surface area (Å²) in [7, 11) is 0. The second-order valence-corrected chi connectivity index (χ2v) is 8.02. The Hall–Kier alpha value is -3.53. The summed E-state index contributed by atoms with van der Waals surface area (Å²) in [6.07, 6.45) is 3.64. The highest BCUT2D eigenvalue weighted by molar-refractivity contribution is 5.82. The number of alkyl carbamates (subject to hydrolysis) is 1. The zero-order chi connectivity index (χ0) is 21.6. The Balaban J connectivity index is 1.84. The number of carbonyl (C=O) groups is 1. The molecule has 0 aliphatic heterocycles. The molecule has 3 aromatic rings. The molecule has 0 aliphatic carbocycles. The summed E-state index contributed by atoms with van der Waals surface area (Å²) in [5.41, 5.74) is 4.68. The summed E-state index contributed by atoms with van der Waals surface area (Å²) in [5.74, 6) is 0.249. The first-order valence-electron chi connectivity index (χ1n) is 9.93. The molecule has 0 radical (unpaired) electrons. The lowest BCUT2D eigenvalue weighted by atomic mass is 9.95. The SMILES string of the molecule is CC(C)(C)OC(=O)NCc1ccccc1-c1ccccc1/C=C/c1ccc(O)cc1. The number of ether oxygens (including phenoxy) is 1. The van der Waals surface area contributed by atoms with Crippen molar-refractivity contribution >= 4 is 18.2 Å².